The largest absolute Gasteiger partial charge is 0.417 e. The zero-order chi connectivity index (χ0) is 15.1. The fourth-order valence-electron chi connectivity index (χ4n) is 2.39. The first kappa shape index (κ1) is 13.7. The van der Waals surface area contributed by atoms with Crippen LogP contribution in [-0.4, -0.2) is 9.97 Å². The molecule has 1 unspecified atom stereocenters. The number of benzene rings is 1. The van der Waals surface area contributed by atoms with Crippen LogP contribution in [0.5, 0.6) is 0 Å². The second-order valence-electron chi connectivity index (χ2n) is 5.00. The van der Waals surface area contributed by atoms with Gasteiger partial charge in [0.1, 0.15) is 0 Å². The Morgan fingerprint density at radius 3 is 2.86 bits per heavy atom. The molecule has 0 bridgehead atoms. The number of hydrogen-bond donors (Lipinski definition) is 3. The first-order valence-corrected chi connectivity index (χ1v) is 7.38. The van der Waals surface area contributed by atoms with E-state index in [2.05, 4.69) is 22.2 Å². The Morgan fingerprint density at radius 2 is 2.19 bits per heavy atom. The number of fused-ring (bicyclic) bond motifs is 1. The van der Waals surface area contributed by atoms with E-state index in [1.165, 1.54) is 4.88 Å². The van der Waals surface area contributed by atoms with E-state index in [0.717, 1.165) is 16.4 Å². The quantitative estimate of drug-likeness (QED) is 0.646. The van der Waals surface area contributed by atoms with Gasteiger partial charge in [0.05, 0.1) is 33.6 Å². The van der Waals surface area contributed by atoms with Crippen LogP contribution in [0.25, 0.3) is 11.1 Å². The van der Waals surface area contributed by atoms with Crippen LogP contribution in [0, 0.1) is 13.8 Å². The third-order valence-corrected chi connectivity index (χ3v) is 4.55. The lowest BCUT2D eigenvalue weighted by Gasteiger charge is -2.16. The van der Waals surface area contributed by atoms with Gasteiger partial charge in [0, 0.05) is 10.9 Å². The summed E-state index contributed by atoms with van der Waals surface area (Å²) in [6.07, 6.45) is 0. The number of nitrogen functional groups attached to an aromatic ring is 1. The van der Waals surface area contributed by atoms with Gasteiger partial charge in [-0.25, -0.2) is 9.78 Å². The van der Waals surface area contributed by atoms with Gasteiger partial charge in [0.2, 0.25) is 0 Å². The highest BCUT2D eigenvalue weighted by molar-refractivity contribution is 7.11. The van der Waals surface area contributed by atoms with Gasteiger partial charge in [-0.1, -0.05) is 0 Å². The molecule has 7 heteroatoms. The third-order valence-electron chi connectivity index (χ3n) is 3.30. The molecule has 0 saturated heterocycles. The van der Waals surface area contributed by atoms with Crippen molar-refractivity contribution in [2.75, 3.05) is 11.1 Å². The summed E-state index contributed by atoms with van der Waals surface area (Å²) in [7, 11) is 0. The lowest BCUT2D eigenvalue weighted by Crippen LogP contribution is -2.08. The number of anilines is 2. The molecular formula is C14H16N4O2S. The molecular weight excluding hydrogens is 288 g/mol. The summed E-state index contributed by atoms with van der Waals surface area (Å²) in [6, 6.07) is 3.51. The Kier molecular flexibility index (Phi) is 3.21. The molecule has 1 aromatic carbocycles. The molecule has 0 radical (unpaired) electrons. The number of nitrogens with two attached hydrogens (primary N) is 1. The van der Waals surface area contributed by atoms with Crippen molar-refractivity contribution in [2.24, 2.45) is 0 Å². The molecule has 0 amide bonds. The number of thiazole rings is 1. The molecule has 2 aromatic heterocycles. The lowest BCUT2D eigenvalue weighted by atomic mass is 10.2. The predicted molar refractivity (Wildman–Crippen MR) is 84.9 cm³/mol. The van der Waals surface area contributed by atoms with E-state index in [4.69, 9.17) is 10.2 Å². The van der Waals surface area contributed by atoms with Crippen molar-refractivity contribution >= 4 is 33.8 Å². The average molecular weight is 304 g/mol. The topological polar surface area (TPSA) is 96.9 Å². The van der Waals surface area contributed by atoms with Gasteiger partial charge < -0.3 is 15.5 Å². The zero-order valence-corrected chi connectivity index (χ0v) is 12.8. The summed E-state index contributed by atoms with van der Waals surface area (Å²) >= 11 is 1.66. The van der Waals surface area contributed by atoms with E-state index >= 15 is 0 Å². The summed E-state index contributed by atoms with van der Waals surface area (Å²) in [4.78, 5) is 19.4. The molecule has 0 spiro atoms. The molecule has 0 saturated carbocycles. The van der Waals surface area contributed by atoms with Crippen molar-refractivity contribution in [3.63, 3.8) is 0 Å². The number of aromatic amines is 1. The Hall–Kier alpha value is -2.28. The standard InChI is InChI=1S/C14H16N4O2S/c1-6-13(21-8(3)16-6)7(2)17-10-5-11-12(4-9(10)15)20-14(19)18-11/h4-5,7,17H,15H2,1-3H3,(H,18,19). The molecule has 3 rings (SSSR count). The van der Waals surface area contributed by atoms with Gasteiger partial charge in [-0.3, -0.25) is 4.98 Å². The van der Waals surface area contributed by atoms with Crippen LogP contribution < -0.4 is 16.8 Å². The molecule has 110 valence electrons. The fourth-order valence-corrected chi connectivity index (χ4v) is 3.32. The number of hydrogen-bond acceptors (Lipinski definition) is 6. The van der Waals surface area contributed by atoms with E-state index in [1.807, 2.05) is 13.8 Å². The summed E-state index contributed by atoms with van der Waals surface area (Å²) in [6.45, 7) is 6.04. The maximum atomic E-state index is 11.2. The van der Waals surface area contributed by atoms with Crippen LogP contribution in [0.1, 0.15) is 28.5 Å². The van der Waals surface area contributed by atoms with Crippen molar-refractivity contribution in [3.05, 3.63) is 38.3 Å². The van der Waals surface area contributed by atoms with E-state index in [1.54, 1.807) is 23.5 Å². The van der Waals surface area contributed by atoms with E-state index in [9.17, 15) is 4.79 Å². The monoisotopic (exact) mass is 304 g/mol. The Morgan fingerprint density at radius 1 is 1.43 bits per heavy atom. The molecule has 0 aliphatic heterocycles. The lowest BCUT2D eigenvalue weighted by molar-refractivity contribution is 0.555. The van der Waals surface area contributed by atoms with Gasteiger partial charge >= 0.3 is 5.76 Å². The van der Waals surface area contributed by atoms with E-state index in [0.29, 0.717) is 16.8 Å². The van der Waals surface area contributed by atoms with Crippen molar-refractivity contribution in [2.45, 2.75) is 26.8 Å². The minimum Gasteiger partial charge on any atom is -0.408 e. The van der Waals surface area contributed by atoms with Crippen LogP contribution in [-0.2, 0) is 0 Å². The minimum absolute atomic E-state index is 0.0783. The van der Waals surface area contributed by atoms with Gasteiger partial charge in [-0.15, -0.1) is 11.3 Å². The van der Waals surface area contributed by atoms with E-state index in [-0.39, 0.29) is 6.04 Å². The number of H-pyrrole nitrogens is 1. The summed E-state index contributed by atoms with van der Waals surface area (Å²) < 4.78 is 4.99. The number of aromatic nitrogens is 2. The van der Waals surface area contributed by atoms with Crippen molar-refractivity contribution in [3.8, 4) is 0 Å². The second kappa shape index (κ2) is 4.92. The highest BCUT2D eigenvalue weighted by Gasteiger charge is 2.15. The maximum absolute atomic E-state index is 11.2. The van der Waals surface area contributed by atoms with Crippen LogP contribution in [0.3, 0.4) is 0 Å². The normalized spacial score (nSPS) is 12.7. The molecule has 6 nitrogen and oxygen atoms in total. The number of rotatable bonds is 3. The summed E-state index contributed by atoms with van der Waals surface area (Å²) in [5.74, 6) is -0.483. The number of oxazole rings is 1. The Labute approximate surface area is 125 Å². The van der Waals surface area contributed by atoms with Gasteiger partial charge in [0.25, 0.3) is 0 Å². The molecule has 1 atom stereocenters. The second-order valence-corrected chi connectivity index (χ2v) is 6.23. The number of aryl methyl sites for hydroxylation is 2. The Bertz CT molecular complexity index is 862. The molecule has 4 N–H and O–H groups in total. The third kappa shape index (κ3) is 2.52. The Balaban J connectivity index is 1.95. The summed E-state index contributed by atoms with van der Waals surface area (Å²) in [5, 5.41) is 4.40. The van der Waals surface area contributed by atoms with Crippen LogP contribution in [0.4, 0.5) is 11.4 Å². The van der Waals surface area contributed by atoms with Gasteiger partial charge in [-0.2, -0.15) is 0 Å². The van der Waals surface area contributed by atoms with Crippen LogP contribution in [0.2, 0.25) is 0 Å². The van der Waals surface area contributed by atoms with Crippen molar-refractivity contribution in [1.29, 1.82) is 0 Å². The van der Waals surface area contributed by atoms with E-state index < -0.39 is 5.76 Å². The zero-order valence-electron chi connectivity index (χ0n) is 12.0. The summed E-state index contributed by atoms with van der Waals surface area (Å²) in [5.41, 5.74) is 9.42. The number of nitrogens with zero attached hydrogens (tertiary/aromatic N) is 1. The molecule has 0 aliphatic carbocycles. The average Bonchev–Trinajstić information content (AvgIpc) is 2.91. The highest BCUT2D eigenvalue weighted by Crippen LogP contribution is 2.31. The van der Waals surface area contributed by atoms with Gasteiger partial charge in [0.15, 0.2) is 5.58 Å². The first-order chi connectivity index (χ1) is 9.94. The minimum atomic E-state index is -0.483. The highest BCUT2D eigenvalue weighted by atomic mass is 32.1. The smallest absolute Gasteiger partial charge is 0.408 e. The SMILES string of the molecule is Cc1nc(C)c(C(C)Nc2cc3[nH]c(=O)oc3cc2N)s1. The number of nitrogens with one attached hydrogen (secondary N) is 2. The molecule has 3 aromatic rings. The van der Waals surface area contributed by atoms with Crippen molar-refractivity contribution < 1.29 is 4.42 Å². The van der Waals surface area contributed by atoms with Crippen LogP contribution in [0.15, 0.2) is 21.3 Å². The van der Waals surface area contributed by atoms with Gasteiger partial charge in [-0.05, 0) is 26.8 Å². The van der Waals surface area contributed by atoms with Crippen molar-refractivity contribution in [1.82, 2.24) is 9.97 Å². The molecule has 2 heterocycles. The fraction of sp³-hybridized carbons (Fsp3) is 0.286. The molecule has 0 aliphatic rings. The maximum Gasteiger partial charge on any atom is 0.417 e. The van der Waals surface area contributed by atoms with Crippen LogP contribution >= 0.6 is 11.3 Å². The first-order valence-electron chi connectivity index (χ1n) is 6.57. The predicted octanol–water partition coefficient (Wildman–Crippen LogP) is 2.95. The molecule has 21 heavy (non-hydrogen) atoms. The molecule has 0 fully saturated rings.